The van der Waals surface area contributed by atoms with Gasteiger partial charge in [-0.1, -0.05) is 127 Å². The van der Waals surface area contributed by atoms with Crippen LogP contribution in [0.25, 0.3) is 0 Å². The zero-order chi connectivity index (χ0) is 29.8. The molecule has 0 saturated heterocycles. The first-order valence-corrected chi connectivity index (χ1v) is 15.9. The molecule has 2 rings (SSSR count). The predicted molar refractivity (Wildman–Crippen MR) is 182 cm³/mol. The summed E-state index contributed by atoms with van der Waals surface area (Å²) in [6.45, 7) is 23.2. The summed E-state index contributed by atoms with van der Waals surface area (Å²) in [5, 5.41) is 0. The zero-order valence-corrected chi connectivity index (χ0v) is 27.8. The molecular formula is C40H60. The van der Waals surface area contributed by atoms with Crippen molar-refractivity contribution in [3.63, 3.8) is 0 Å². The summed E-state index contributed by atoms with van der Waals surface area (Å²) in [6, 6.07) is 0. The highest BCUT2D eigenvalue weighted by Gasteiger charge is 2.28. The molecule has 0 N–H and O–H groups in total. The second-order valence-electron chi connectivity index (χ2n) is 13.9. The average Bonchev–Trinajstić information content (AvgIpc) is 2.85. The van der Waals surface area contributed by atoms with Gasteiger partial charge in [0, 0.05) is 0 Å². The van der Waals surface area contributed by atoms with Crippen LogP contribution in [-0.2, 0) is 0 Å². The van der Waals surface area contributed by atoms with E-state index in [0.29, 0.717) is 10.8 Å². The number of allylic oxidation sites excluding steroid dienone is 18. The molecule has 2 aliphatic rings. The van der Waals surface area contributed by atoms with Crippen molar-refractivity contribution in [2.24, 2.45) is 10.8 Å². The molecule has 0 bridgehead atoms. The van der Waals surface area contributed by atoms with Crippen molar-refractivity contribution in [1.82, 2.24) is 0 Å². The Hall–Kier alpha value is -2.34. The van der Waals surface area contributed by atoms with E-state index in [9.17, 15) is 0 Å². The molecular weight excluding hydrogens is 480 g/mol. The van der Waals surface area contributed by atoms with Crippen LogP contribution in [0.15, 0.2) is 105 Å². The van der Waals surface area contributed by atoms with E-state index in [-0.39, 0.29) is 0 Å². The van der Waals surface area contributed by atoms with Gasteiger partial charge in [0.15, 0.2) is 0 Å². The van der Waals surface area contributed by atoms with Gasteiger partial charge in [0.05, 0.1) is 0 Å². The van der Waals surface area contributed by atoms with Crippen molar-refractivity contribution >= 4 is 0 Å². The first-order valence-electron chi connectivity index (χ1n) is 15.9. The molecule has 0 radical (unpaired) electrons. The van der Waals surface area contributed by atoms with E-state index in [1.807, 2.05) is 0 Å². The fourth-order valence-electron chi connectivity index (χ4n) is 6.39. The summed E-state index contributed by atoms with van der Waals surface area (Å²) in [6.07, 6.45) is 35.1. The van der Waals surface area contributed by atoms with Crippen LogP contribution in [0.4, 0.5) is 0 Å². The Balaban J connectivity index is 1.78. The number of hydrogen-bond acceptors (Lipinski definition) is 0. The Bertz CT molecular complexity index is 1120. The minimum absolute atomic E-state index is 0.301. The van der Waals surface area contributed by atoms with Gasteiger partial charge in [0.2, 0.25) is 0 Å². The monoisotopic (exact) mass is 540 g/mol. The van der Waals surface area contributed by atoms with Crippen LogP contribution in [-0.4, -0.2) is 0 Å². The Labute approximate surface area is 249 Å². The summed E-state index contributed by atoms with van der Waals surface area (Å²) in [5.74, 6) is 0. The Morgan fingerprint density at radius 1 is 0.675 bits per heavy atom. The van der Waals surface area contributed by atoms with Gasteiger partial charge in [0.25, 0.3) is 0 Å². The van der Waals surface area contributed by atoms with Gasteiger partial charge in [-0.2, -0.15) is 0 Å². The first-order chi connectivity index (χ1) is 18.8. The number of unbranched alkanes of at least 4 members (excludes halogenated alkanes) is 1. The van der Waals surface area contributed by atoms with Crippen LogP contribution < -0.4 is 0 Å². The lowest BCUT2D eigenvalue weighted by molar-refractivity contribution is 0.354. The Morgan fingerprint density at radius 2 is 1.23 bits per heavy atom. The van der Waals surface area contributed by atoms with Crippen LogP contribution >= 0.6 is 0 Å². The van der Waals surface area contributed by atoms with Crippen LogP contribution in [0.5, 0.6) is 0 Å². The van der Waals surface area contributed by atoms with Crippen LogP contribution in [0.3, 0.4) is 0 Å². The molecule has 0 saturated carbocycles. The summed E-state index contributed by atoms with van der Waals surface area (Å²) in [4.78, 5) is 0. The molecule has 0 nitrogen and oxygen atoms in total. The van der Waals surface area contributed by atoms with E-state index in [4.69, 9.17) is 0 Å². The summed E-state index contributed by atoms with van der Waals surface area (Å²) in [5.41, 5.74) is 12.6. The van der Waals surface area contributed by atoms with E-state index in [1.54, 1.807) is 16.7 Å². The second kappa shape index (κ2) is 16.2. The lowest BCUT2D eigenvalue weighted by Crippen LogP contribution is -2.20. The van der Waals surface area contributed by atoms with Crippen molar-refractivity contribution in [3.8, 4) is 0 Å². The summed E-state index contributed by atoms with van der Waals surface area (Å²) < 4.78 is 0. The SMILES string of the molecule is CC1=C(/C=C/C(C)=C/C=C/C(C)=C/CC\C=C(C)/C=C\C=C(\C)CCC2=C(C)CCCC2(C)C)C(C)(C)CCC1. The molecule has 0 aliphatic heterocycles. The number of rotatable bonds is 12. The highest BCUT2D eigenvalue weighted by atomic mass is 14.3. The third-order valence-electron chi connectivity index (χ3n) is 9.07. The van der Waals surface area contributed by atoms with Gasteiger partial charge in [-0.3, -0.25) is 0 Å². The van der Waals surface area contributed by atoms with E-state index < -0.39 is 0 Å². The Kier molecular flexibility index (Phi) is 13.7. The van der Waals surface area contributed by atoms with Gasteiger partial charge in [-0.05, 0) is 122 Å². The zero-order valence-electron chi connectivity index (χ0n) is 27.8. The molecule has 0 aromatic heterocycles. The van der Waals surface area contributed by atoms with Gasteiger partial charge >= 0.3 is 0 Å². The lowest BCUT2D eigenvalue weighted by atomic mass is 9.71. The maximum absolute atomic E-state index is 2.43. The molecule has 40 heavy (non-hydrogen) atoms. The van der Waals surface area contributed by atoms with Crippen molar-refractivity contribution in [2.75, 3.05) is 0 Å². The molecule has 0 heteroatoms. The topological polar surface area (TPSA) is 0 Å². The largest absolute Gasteiger partial charge is 0.0813 e. The first kappa shape index (κ1) is 33.9. The quantitative estimate of drug-likeness (QED) is 0.131. The third kappa shape index (κ3) is 11.6. The number of hydrogen-bond donors (Lipinski definition) is 0. The maximum atomic E-state index is 2.43. The fraction of sp³-hybridized carbons (Fsp3) is 0.550. The van der Waals surface area contributed by atoms with Crippen molar-refractivity contribution < 1.29 is 0 Å². The second-order valence-corrected chi connectivity index (χ2v) is 13.9. The summed E-state index contributed by atoms with van der Waals surface area (Å²) >= 11 is 0. The molecule has 0 atom stereocenters. The standard InChI is InChI=1S/C40H60/c1-31(19-13-21-33(3)25-27-37-35(5)23-15-29-39(37,7)8)17-11-12-18-32(2)20-14-22-34(4)26-28-38-36(6)24-16-30-40(38,9)10/h13-14,17-22,25,27H,11-12,15-16,23-24,26,28-30H2,1-10H3/b19-13+,20-14-,27-25+,31-17+,32-18-,33-21+,34-22-. The van der Waals surface area contributed by atoms with Crippen LogP contribution in [0, 0.1) is 10.8 Å². The lowest BCUT2D eigenvalue weighted by Gasteiger charge is -2.34. The van der Waals surface area contributed by atoms with Crippen molar-refractivity contribution in [2.45, 2.75) is 133 Å². The molecule has 0 fully saturated rings. The molecule has 0 spiro atoms. The minimum atomic E-state index is 0.301. The van der Waals surface area contributed by atoms with Crippen molar-refractivity contribution in [3.05, 3.63) is 105 Å². The Morgan fingerprint density at radius 3 is 1.80 bits per heavy atom. The maximum Gasteiger partial charge on any atom is -0.0104 e. The van der Waals surface area contributed by atoms with Gasteiger partial charge in [-0.25, -0.2) is 0 Å². The van der Waals surface area contributed by atoms with E-state index in [0.717, 1.165) is 12.8 Å². The molecule has 0 amide bonds. The van der Waals surface area contributed by atoms with E-state index >= 15 is 0 Å². The molecule has 0 aromatic carbocycles. The molecule has 220 valence electrons. The van der Waals surface area contributed by atoms with Gasteiger partial charge in [0.1, 0.15) is 0 Å². The molecule has 0 heterocycles. The molecule has 0 unspecified atom stereocenters. The van der Waals surface area contributed by atoms with Gasteiger partial charge in [-0.15, -0.1) is 0 Å². The predicted octanol–water partition coefficient (Wildman–Crippen LogP) is 13.1. The van der Waals surface area contributed by atoms with Crippen molar-refractivity contribution in [1.29, 1.82) is 0 Å². The smallest absolute Gasteiger partial charge is 0.0104 e. The van der Waals surface area contributed by atoms with E-state index in [2.05, 4.69) is 130 Å². The van der Waals surface area contributed by atoms with Crippen LogP contribution in [0.1, 0.15) is 133 Å². The molecule has 0 aromatic rings. The van der Waals surface area contributed by atoms with E-state index in [1.165, 1.54) is 79.2 Å². The van der Waals surface area contributed by atoms with Crippen LogP contribution in [0.2, 0.25) is 0 Å². The third-order valence-corrected chi connectivity index (χ3v) is 9.07. The average molecular weight is 541 g/mol. The highest BCUT2D eigenvalue weighted by Crippen LogP contribution is 2.43. The summed E-state index contributed by atoms with van der Waals surface area (Å²) in [7, 11) is 0. The fourth-order valence-corrected chi connectivity index (χ4v) is 6.39. The molecule has 2 aliphatic carbocycles. The minimum Gasteiger partial charge on any atom is -0.0813 e. The normalized spacial score (nSPS) is 21.6. The van der Waals surface area contributed by atoms with Gasteiger partial charge < -0.3 is 0 Å². The highest BCUT2D eigenvalue weighted by molar-refractivity contribution is 5.37.